The predicted octanol–water partition coefficient (Wildman–Crippen LogP) is 7.32. The molecular weight excluding hydrogens is 688 g/mol. The number of hydrogen-bond acceptors (Lipinski definition) is 10. The molecule has 1 aliphatic rings. The summed E-state index contributed by atoms with van der Waals surface area (Å²) in [5.74, 6) is 2.72. The van der Waals surface area contributed by atoms with Crippen molar-refractivity contribution in [2.45, 2.75) is 71.4 Å². The molecule has 54 heavy (non-hydrogen) atoms. The number of aliphatic hydroxyl groups is 3. The molecule has 1 unspecified atom stereocenters. The average molecular weight is 741 g/mol. The van der Waals surface area contributed by atoms with Crippen molar-refractivity contribution in [1.82, 2.24) is 5.32 Å². The first-order chi connectivity index (χ1) is 26.3. The number of carbonyl (C=O) groups is 1. The molecule has 1 heterocycles. The van der Waals surface area contributed by atoms with Gasteiger partial charge in [-0.05, 0) is 90.6 Å². The number of unbranched alkanes of at least 4 members (excludes halogenated alkanes) is 5. The number of hydrogen-bond donors (Lipinski definition) is 5. The van der Waals surface area contributed by atoms with Gasteiger partial charge in [-0.15, -0.1) is 0 Å². The number of fused-ring (bicyclic) bond motifs is 1. The van der Waals surface area contributed by atoms with Crippen molar-refractivity contribution in [2.75, 3.05) is 39.9 Å². The molecule has 0 bridgehead atoms. The van der Waals surface area contributed by atoms with Gasteiger partial charge in [-0.3, -0.25) is 4.79 Å². The topological polar surface area (TPSA) is 148 Å². The van der Waals surface area contributed by atoms with Crippen LogP contribution in [0.15, 0.2) is 60.7 Å². The highest BCUT2D eigenvalue weighted by Gasteiger charge is 2.25. The molecule has 1 aliphatic heterocycles. The number of amides is 1. The first-order valence-corrected chi connectivity index (χ1v) is 18.3. The Morgan fingerprint density at radius 2 is 1.24 bits per heavy atom. The zero-order valence-corrected chi connectivity index (χ0v) is 31.6. The van der Waals surface area contributed by atoms with Crippen LogP contribution < -0.4 is 34.3 Å². The Kier molecular flexibility index (Phi) is 14.6. The summed E-state index contributed by atoms with van der Waals surface area (Å²) in [5, 5.41) is 35.9. The van der Waals surface area contributed by atoms with E-state index in [0.717, 1.165) is 66.5 Å². The summed E-state index contributed by atoms with van der Waals surface area (Å²) in [6.07, 6.45) is 9.39. The van der Waals surface area contributed by atoms with Gasteiger partial charge in [-0.25, -0.2) is 0 Å². The molecule has 0 spiro atoms. The standard InChI is InChI=1S/C43H52N2O9/c1-28-11-15-36-34(19-28)43(49)45-42(44-36)31-14-16-37(33(24-31)26-47)53-17-9-7-5-6-8-10-18-54-41-39(51-3)22-30(23-40(41)52-4)13-12-29-20-32(25-46)35(27-48)38(21-29)50-2/h11-16,19-24,42,44,46-48H,5-10,17-18,25-27H2,1-4H3,(H,45,49). The summed E-state index contributed by atoms with van der Waals surface area (Å²) in [7, 11) is 4.73. The second-order valence-electron chi connectivity index (χ2n) is 13.2. The Labute approximate surface area is 317 Å². The van der Waals surface area contributed by atoms with Crippen LogP contribution in [-0.4, -0.2) is 55.8 Å². The summed E-state index contributed by atoms with van der Waals surface area (Å²) in [4.78, 5) is 12.7. The summed E-state index contributed by atoms with van der Waals surface area (Å²) >= 11 is 0. The number of ether oxygens (including phenoxy) is 5. The molecule has 5 N–H and O–H groups in total. The van der Waals surface area contributed by atoms with E-state index in [0.29, 0.717) is 64.2 Å². The summed E-state index contributed by atoms with van der Waals surface area (Å²) < 4.78 is 28.9. The number of rotatable bonds is 20. The molecule has 0 aliphatic carbocycles. The van der Waals surface area contributed by atoms with Gasteiger partial charge in [0.25, 0.3) is 5.91 Å². The molecule has 0 aromatic heterocycles. The molecule has 4 aromatic carbocycles. The van der Waals surface area contributed by atoms with Crippen molar-refractivity contribution in [3.8, 4) is 28.7 Å². The highest BCUT2D eigenvalue weighted by Crippen LogP contribution is 2.39. The maximum absolute atomic E-state index is 12.7. The molecule has 11 nitrogen and oxygen atoms in total. The molecule has 0 fully saturated rings. The third kappa shape index (κ3) is 10.0. The Bertz CT molecular complexity index is 1860. The third-order valence-corrected chi connectivity index (χ3v) is 9.45. The lowest BCUT2D eigenvalue weighted by Crippen LogP contribution is -2.38. The van der Waals surface area contributed by atoms with E-state index in [-0.39, 0.29) is 25.7 Å². The van der Waals surface area contributed by atoms with Gasteiger partial charge in [0.2, 0.25) is 5.75 Å². The molecule has 0 radical (unpaired) electrons. The SMILES string of the molecule is COc1cc(C=Cc2cc(OC)c(OCCCCCCCCOc3ccc(C4NC(=O)c5cc(C)ccc5N4)cc3CO)c(OC)c2)cc(CO)c1CO. The molecule has 0 saturated heterocycles. The molecule has 0 saturated carbocycles. The van der Waals surface area contributed by atoms with Crippen molar-refractivity contribution in [1.29, 1.82) is 0 Å². The second-order valence-corrected chi connectivity index (χ2v) is 13.2. The van der Waals surface area contributed by atoms with Crippen molar-refractivity contribution < 1.29 is 43.8 Å². The smallest absolute Gasteiger partial charge is 0.255 e. The van der Waals surface area contributed by atoms with Gasteiger partial charge in [0, 0.05) is 16.8 Å². The number of aliphatic hydroxyl groups excluding tert-OH is 3. The summed E-state index contributed by atoms with van der Waals surface area (Å²) in [5.41, 5.74) is 6.79. The Morgan fingerprint density at radius 1 is 0.630 bits per heavy atom. The average Bonchev–Trinajstić information content (AvgIpc) is 3.20. The first-order valence-electron chi connectivity index (χ1n) is 18.3. The minimum Gasteiger partial charge on any atom is -0.496 e. The van der Waals surface area contributed by atoms with Gasteiger partial charge in [-0.2, -0.15) is 0 Å². The van der Waals surface area contributed by atoms with Crippen LogP contribution in [0.25, 0.3) is 12.2 Å². The van der Waals surface area contributed by atoms with Crippen LogP contribution in [0.2, 0.25) is 0 Å². The number of benzene rings is 4. The van der Waals surface area contributed by atoms with Gasteiger partial charge >= 0.3 is 0 Å². The monoisotopic (exact) mass is 740 g/mol. The number of carbonyl (C=O) groups excluding carboxylic acids is 1. The van der Waals surface area contributed by atoms with Crippen molar-refractivity contribution in [2.24, 2.45) is 0 Å². The third-order valence-electron chi connectivity index (χ3n) is 9.45. The number of aryl methyl sites for hydroxylation is 1. The van der Waals surface area contributed by atoms with E-state index in [2.05, 4.69) is 10.6 Å². The highest BCUT2D eigenvalue weighted by molar-refractivity contribution is 6.01. The van der Waals surface area contributed by atoms with Crippen LogP contribution in [0.3, 0.4) is 0 Å². The lowest BCUT2D eigenvalue weighted by atomic mass is 10.0. The van der Waals surface area contributed by atoms with Crippen LogP contribution in [-0.2, 0) is 19.8 Å². The number of anilines is 1. The summed E-state index contributed by atoms with van der Waals surface area (Å²) in [6, 6.07) is 18.8. The molecule has 4 aromatic rings. The highest BCUT2D eigenvalue weighted by atomic mass is 16.5. The van der Waals surface area contributed by atoms with E-state index in [1.165, 1.54) is 7.11 Å². The number of methoxy groups -OCH3 is 3. The van der Waals surface area contributed by atoms with E-state index in [1.807, 2.05) is 79.7 Å². The van der Waals surface area contributed by atoms with Crippen LogP contribution >= 0.6 is 0 Å². The van der Waals surface area contributed by atoms with Gasteiger partial charge in [0.05, 0.1) is 59.9 Å². The molecule has 11 heteroatoms. The van der Waals surface area contributed by atoms with E-state index >= 15 is 0 Å². The lowest BCUT2D eigenvalue weighted by Gasteiger charge is -2.29. The fourth-order valence-electron chi connectivity index (χ4n) is 6.51. The molecule has 1 atom stereocenters. The number of nitrogens with one attached hydrogen (secondary N) is 2. The maximum atomic E-state index is 12.7. The van der Waals surface area contributed by atoms with E-state index in [4.69, 9.17) is 23.7 Å². The van der Waals surface area contributed by atoms with E-state index < -0.39 is 6.17 Å². The van der Waals surface area contributed by atoms with Crippen LogP contribution in [0.5, 0.6) is 28.7 Å². The Hall–Kier alpha value is -5.23. The molecule has 288 valence electrons. The van der Waals surface area contributed by atoms with Crippen molar-refractivity contribution >= 4 is 23.7 Å². The van der Waals surface area contributed by atoms with Gasteiger partial charge < -0.3 is 49.6 Å². The molecular formula is C43H52N2O9. The van der Waals surface area contributed by atoms with Gasteiger partial charge in [0.15, 0.2) is 11.5 Å². The quantitative estimate of drug-likeness (QED) is 0.0461. The zero-order chi connectivity index (χ0) is 38.5. The van der Waals surface area contributed by atoms with E-state index in [1.54, 1.807) is 14.2 Å². The Morgan fingerprint density at radius 3 is 1.87 bits per heavy atom. The largest absolute Gasteiger partial charge is 0.496 e. The van der Waals surface area contributed by atoms with Crippen LogP contribution in [0.4, 0.5) is 5.69 Å². The maximum Gasteiger partial charge on any atom is 0.255 e. The fraction of sp³-hybridized carbons (Fsp3) is 0.372. The fourth-order valence-corrected chi connectivity index (χ4v) is 6.51. The minimum atomic E-state index is -0.397. The minimum absolute atomic E-state index is 0.128. The van der Waals surface area contributed by atoms with Crippen molar-refractivity contribution in [3.63, 3.8) is 0 Å². The van der Waals surface area contributed by atoms with Gasteiger partial charge in [-0.1, -0.05) is 55.5 Å². The van der Waals surface area contributed by atoms with Gasteiger partial charge in [0.1, 0.15) is 17.7 Å². The summed E-state index contributed by atoms with van der Waals surface area (Å²) in [6.45, 7) is 2.45. The second kappa shape index (κ2) is 19.7. The molecule has 1 amide bonds. The normalized spacial score (nSPS) is 13.6. The molecule has 5 rings (SSSR count). The first kappa shape index (κ1) is 40.0. The Balaban J connectivity index is 1.03. The van der Waals surface area contributed by atoms with Crippen LogP contribution in [0.1, 0.15) is 94.0 Å². The zero-order valence-electron chi connectivity index (χ0n) is 31.6. The van der Waals surface area contributed by atoms with Crippen molar-refractivity contribution in [3.05, 3.63) is 105 Å². The lowest BCUT2D eigenvalue weighted by molar-refractivity contribution is 0.0935. The predicted molar refractivity (Wildman–Crippen MR) is 209 cm³/mol. The van der Waals surface area contributed by atoms with E-state index in [9.17, 15) is 20.1 Å². The van der Waals surface area contributed by atoms with Crippen LogP contribution in [0, 0.1) is 6.92 Å².